The summed E-state index contributed by atoms with van der Waals surface area (Å²) in [5, 5.41) is 13.2. The van der Waals surface area contributed by atoms with Crippen molar-refractivity contribution in [3.63, 3.8) is 0 Å². The molecule has 0 heterocycles. The number of carbonyl (C=O) groups excluding carboxylic acids is 2. The van der Waals surface area contributed by atoms with Crippen LogP contribution >= 0.6 is 0 Å². The minimum Gasteiger partial charge on any atom is -0.343 e. The fraction of sp³-hybridized carbons (Fsp3) is 0.263. The summed E-state index contributed by atoms with van der Waals surface area (Å²) in [7, 11) is 1.33. The van der Waals surface area contributed by atoms with Crippen LogP contribution in [0.5, 0.6) is 0 Å². The Kier molecular flexibility index (Phi) is 6.57. The lowest BCUT2D eigenvalue weighted by molar-refractivity contribution is -0.385. The molecule has 0 spiro atoms. The van der Waals surface area contributed by atoms with Gasteiger partial charge in [0, 0.05) is 30.8 Å². The number of nitro groups is 1. The summed E-state index contributed by atoms with van der Waals surface area (Å²) in [4.78, 5) is 35.7. The van der Waals surface area contributed by atoms with E-state index in [-0.39, 0.29) is 28.9 Å². The Balaban J connectivity index is 2.00. The van der Waals surface area contributed by atoms with Gasteiger partial charge in [-0.15, -0.1) is 0 Å². The third kappa shape index (κ3) is 5.53. The van der Waals surface area contributed by atoms with Crippen LogP contribution in [0, 0.1) is 17.0 Å². The molecule has 2 rings (SSSR count). The van der Waals surface area contributed by atoms with Crippen molar-refractivity contribution < 1.29 is 27.7 Å². The average Bonchev–Trinajstić information content (AvgIpc) is 2.64. The van der Waals surface area contributed by atoms with Crippen LogP contribution in [0.15, 0.2) is 42.5 Å². The van der Waals surface area contributed by atoms with Gasteiger partial charge >= 0.3 is 6.18 Å². The maximum Gasteiger partial charge on any atom is 0.416 e. The number of amides is 2. The molecule has 0 saturated carbocycles. The van der Waals surface area contributed by atoms with Crippen molar-refractivity contribution in [2.24, 2.45) is 0 Å². The number of alkyl halides is 3. The normalized spacial score (nSPS) is 11.1. The molecular formula is C19H18F3N3O4. The molecule has 0 aliphatic carbocycles. The van der Waals surface area contributed by atoms with Crippen molar-refractivity contribution >= 4 is 17.5 Å². The van der Waals surface area contributed by atoms with Gasteiger partial charge in [0.1, 0.15) is 0 Å². The molecule has 2 aromatic rings. The number of hydrogen-bond donors (Lipinski definition) is 1. The number of nitrogens with zero attached hydrogens (tertiary/aromatic N) is 2. The first-order valence-electron chi connectivity index (χ1n) is 8.43. The highest BCUT2D eigenvalue weighted by Gasteiger charge is 2.33. The largest absolute Gasteiger partial charge is 0.416 e. The predicted molar refractivity (Wildman–Crippen MR) is 98.1 cm³/mol. The van der Waals surface area contributed by atoms with Gasteiger partial charge in [0.15, 0.2) is 0 Å². The van der Waals surface area contributed by atoms with Gasteiger partial charge in [0.05, 0.1) is 17.0 Å². The standard InChI is InChI=1S/C19H18F3N3O4/c1-12-9-13(7-8-16(12)25(28)29)18(27)23-10-17(26)24(2)11-14-5-3-4-6-15(14)19(20,21)22/h3-9H,10-11H2,1-2H3,(H,23,27). The topological polar surface area (TPSA) is 92.6 Å². The van der Waals surface area contributed by atoms with Crippen molar-refractivity contribution in [1.82, 2.24) is 10.2 Å². The summed E-state index contributed by atoms with van der Waals surface area (Å²) < 4.78 is 39.1. The molecule has 0 aliphatic heterocycles. The molecule has 2 aromatic carbocycles. The molecule has 0 fully saturated rings. The van der Waals surface area contributed by atoms with Crippen LogP contribution in [0.4, 0.5) is 18.9 Å². The Morgan fingerprint density at radius 3 is 2.41 bits per heavy atom. The van der Waals surface area contributed by atoms with E-state index in [0.29, 0.717) is 0 Å². The Morgan fingerprint density at radius 1 is 1.17 bits per heavy atom. The lowest BCUT2D eigenvalue weighted by atomic mass is 10.1. The van der Waals surface area contributed by atoms with E-state index in [1.165, 1.54) is 50.4 Å². The number of likely N-dealkylation sites (N-methyl/N-ethyl adjacent to an activating group) is 1. The Hall–Kier alpha value is -3.43. The van der Waals surface area contributed by atoms with Crippen molar-refractivity contribution in [2.75, 3.05) is 13.6 Å². The number of benzene rings is 2. The summed E-state index contributed by atoms with van der Waals surface area (Å²) in [5.41, 5.74) is -0.611. The van der Waals surface area contributed by atoms with Crippen molar-refractivity contribution in [2.45, 2.75) is 19.6 Å². The highest BCUT2D eigenvalue weighted by atomic mass is 19.4. The van der Waals surface area contributed by atoms with E-state index < -0.39 is 35.0 Å². The molecule has 10 heteroatoms. The second kappa shape index (κ2) is 8.72. The molecule has 0 unspecified atom stereocenters. The Morgan fingerprint density at radius 2 is 1.83 bits per heavy atom. The second-order valence-electron chi connectivity index (χ2n) is 6.35. The molecule has 0 bridgehead atoms. The monoisotopic (exact) mass is 409 g/mol. The molecule has 0 saturated heterocycles. The number of nitro benzene ring substituents is 1. The van der Waals surface area contributed by atoms with Crippen LogP contribution in [0.1, 0.15) is 27.0 Å². The summed E-state index contributed by atoms with van der Waals surface area (Å²) in [6.07, 6.45) is -4.54. The van der Waals surface area contributed by atoms with Gasteiger partial charge in [-0.25, -0.2) is 0 Å². The van der Waals surface area contributed by atoms with Gasteiger partial charge in [-0.3, -0.25) is 19.7 Å². The number of aryl methyl sites for hydroxylation is 1. The first-order chi connectivity index (χ1) is 13.5. The Labute approximate surface area is 164 Å². The minimum atomic E-state index is -4.54. The van der Waals surface area contributed by atoms with E-state index in [2.05, 4.69) is 5.32 Å². The predicted octanol–water partition coefficient (Wildman–Crippen LogP) is 3.31. The maximum absolute atomic E-state index is 13.0. The van der Waals surface area contributed by atoms with Crippen molar-refractivity contribution in [3.05, 3.63) is 74.8 Å². The molecule has 0 atom stereocenters. The average molecular weight is 409 g/mol. The SMILES string of the molecule is Cc1cc(C(=O)NCC(=O)N(C)Cc2ccccc2C(F)(F)F)ccc1[N+](=O)[O-]. The number of nitrogens with one attached hydrogen (secondary N) is 1. The first kappa shape index (κ1) is 21.9. The zero-order chi connectivity index (χ0) is 21.8. The van der Waals surface area contributed by atoms with E-state index >= 15 is 0 Å². The Bertz CT molecular complexity index is 945. The molecule has 0 radical (unpaired) electrons. The van der Waals surface area contributed by atoms with Crippen molar-refractivity contribution in [3.8, 4) is 0 Å². The lowest BCUT2D eigenvalue weighted by Gasteiger charge is -2.20. The molecular weight excluding hydrogens is 391 g/mol. The minimum absolute atomic E-state index is 0.0619. The van der Waals surface area contributed by atoms with Crippen molar-refractivity contribution in [1.29, 1.82) is 0 Å². The van der Waals surface area contributed by atoms with E-state index in [4.69, 9.17) is 0 Å². The smallest absolute Gasteiger partial charge is 0.343 e. The highest BCUT2D eigenvalue weighted by Crippen LogP contribution is 2.32. The fourth-order valence-corrected chi connectivity index (χ4v) is 2.67. The maximum atomic E-state index is 13.0. The van der Waals surface area contributed by atoms with Gasteiger partial charge in [-0.1, -0.05) is 18.2 Å². The van der Waals surface area contributed by atoms with E-state index in [1.54, 1.807) is 0 Å². The van der Waals surface area contributed by atoms with Crippen LogP contribution in [-0.2, 0) is 17.5 Å². The number of hydrogen-bond acceptors (Lipinski definition) is 4. The number of halogens is 3. The molecule has 0 aromatic heterocycles. The zero-order valence-corrected chi connectivity index (χ0v) is 15.6. The third-order valence-corrected chi connectivity index (χ3v) is 4.21. The molecule has 154 valence electrons. The van der Waals surface area contributed by atoms with Gasteiger partial charge in [0.25, 0.3) is 11.6 Å². The van der Waals surface area contributed by atoms with Crippen LogP contribution < -0.4 is 5.32 Å². The summed E-state index contributed by atoms with van der Waals surface area (Å²) in [5.74, 6) is -1.21. The van der Waals surface area contributed by atoms with E-state index in [1.807, 2.05) is 0 Å². The fourth-order valence-electron chi connectivity index (χ4n) is 2.67. The van der Waals surface area contributed by atoms with E-state index in [0.717, 1.165) is 11.0 Å². The van der Waals surface area contributed by atoms with Gasteiger partial charge in [-0.2, -0.15) is 13.2 Å². The second-order valence-corrected chi connectivity index (χ2v) is 6.35. The lowest BCUT2D eigenvalue weighted by Crippen LogP contribution is -2.38. The van der Waals surface area contributed by atoms with Gasteiger partial charge in [0.2, 0.25) is 5.91 Å². The molecule has 7 nitrogen and oxygen atoms in total. The highest BCUT2D eigenvalue weighted by molar-refractivity contribution is 5.96. The molecule has 29 heavy (non-hydrogen) atoms. The zero-order valence-electron chi connectivity index (χ0n) is 15.6. The van der Waals surface area contributed by atoms with Crippen LogP contribution in [-0.4, -0.2) is 35.2 Å². The number of carbonyl (C=O) groups is 2. The first-order valence-corrected chi connectivity index (χ1v) is 8.43. The summed E-state index contributed by atoms with van der Waals surface area (Å²) >= 11 is 0. The van der Waals surface area contributed by atoms with E-state index in [9.17, 15) is 32.9 Å². The van der Waals surface area contributed by atoms with Gasteiger partial charge in [-0.05, 0) is 30.7 Å². The van der Waals surface area contributed by atoms with Gasteiger partial charge < -0.3 is 10.2 Å². The third-order valence-electron chi connectivity index (χ3n) is 4.21. The van der Waals surface area contributed by atoms with Crippen LogP contribution in [0.2, 0.25) is 0 Å². The van der Waals surface area contributed by atoms with Crippen LogP contribution in [0.3, 0.4) is 0 Å². The number of rotatable bonds is 6. The van der Waals surface area contributed by atoms with Crippen LogP contribution in [0.25, 0.3) is 0 Å². The summed E-state index contributed by atoms with van der Waals surface area (Å²) in [6.45, 7) is 0.770. The molecule has 2 amide bonds. The quantitative estimate of drug-likeness (QED) is 0.585. The summed E-state index contributed by atoms with van der Waals surface area (Å²) in [6, 6.07) is 8.70. The molecule has 0 aliphatic rings. The molecule has 1 N–H and O–H groups in total.